The lowest BCUT2D eigenvalue weighted by Gasteiger charge is -2.18. The van der Waals surface area contributed by atoms with Crippen LogP contribution in [0.3, 0.4) is 0 Å². The largest absolute Gasteiger partial charge is 0.348 e. The third-order valence-electron chi connectivity index (χ3n) is 3.42. The number of nitrogens with one attached hydrogen (secondary N) is 1. The third-order valence-corrected chi connectivity index (χ3v) is 5.39. The molecule has 0 aliphatic rings. The number of carbonyl (C=O) groups is 1. The molecule has 0 fully saturated rings. The lowest BCUT2D eigenvalue weighted by Crippen LogP contribution is -2.39. The van der Waals surface area contributed by atoms with Gasteiger partial charge in [0, 0.05) is 6.20 Å². The van der Waals surface area contributed by atoms with Crippen molar-refractivity contribution in [3.63, 3.8) is 0 Å². The van der Waals surface area contributed by atoms with Crippen LogP contribution in [-0.4, -0.2) is 24.6 Å². The van der Waals surface area contributed by atoms with Crippen LogP contribution in [0, 0.1) is 0 Å². The van der Waals surface area contributed by atoms with Crippen LogP contribution in [0.1, 0.15) is 25.5 Å². The highest BCUT2D eigenvalue weighted by Crippen LogP contribution is 2.16. The second kappa shape index (κ2) is 6.70. The minimum absolute atomic E-state index is 0.0926. The minimum Gasteiger partial charge on any atom is -0.348 e. The van der Waals surface area contributed by atoms with E-state index in [1.807, 2.05) is 37.3 Å². The maximum atomic E-state index is 12.4. The molecule has 0 unspecified atom stereocenters. The number of aromatic nitrogens is 1. The van der Waals surface area contributed by atoms with Crippen molar-refractivity contribution in [1.82, 2.24) is 10.3 Å². The molecular formula is C16H18N2O3S. The Morgan fingerprint density at radius 3 is 2.27 bits per heavy atom. The van der Waals surface area contributed by atoms with E-state index in [0.717, 1.165) is 5.56 Å². The summed E-state index contributed by atoms with van der Waals surface area (Å²) in [4.78, 5) is 16.1. The van der Waals surface area contributed by atoms with Crippen LogP contribution in [0.2, 0.25) is 0 Å². The number of hydrogen-bond donors (Lipinski definition) is 1. The summed E-state index contributed by atoms with van der Waals surface area (Å²) in [5, 5.41) is 1.43. The van der Waals surface area contributed by atoms with Gasteiger partial charge in [-0.05, 0) is 31.5 Å². The highest BCUT2D eigenvalue weighted by Gasteiger charge is 2.31. The van der Waals surface area contributed by atoms with Gasteiger partial charge in [0.2, 0.25) is 15.7 Å². The molecule has 5 nitrogen and oxygen atoms in total. The second-order valence-electron chi connectivity index (χ2n) is 5.00. The number of rotatable bonds is 5. The Balaban J connectivity index is 2.13. The Hall–Kier alpha value is -2.21. The van der Waals surface area contributed by atoms with E-state index >= 15 is 0 Å². The lowest BCUT2D eigenvalue weighted by molar-refractivity contribution is -0.121. The van der Waals surface area contributed by atoms with Gasteiger partial charge in [0.1, 0.15) is 5.25 Å². The fourth-order valence-corrected chi connectivity index (χ4v) is 3.18. The van der Waals surface area contributed by atoms with Crippen molar-refractivity contribution in [1.29, 1.82) is 0 Å². The molecular weight excluding hydrogens is 300 g/mol. The quantitative estimate of drug-likeness (QED) is 0.916. The first-order chi connectivity index (χ1) is 10.4. The summed E-state index contributed by atoms with van der Waals surface area (Å²) in [5.74, 6) is -0.540. The molecule has 2 atom stereocenters. The molecule has 2 aromatic rings. The average molecular weight is 318 g/mol. The molecule has 0 saturated carbocycles. The number of hydrogen-bond acceptors (Lipinski definition) is 4. The van der Waals surface area contributed by atoms with E-state index < -0.39 is 21.0 Å². The molecule has 1 aromatic heterocycles. The fraction of sp³-hybridized carbons (Fsp3) is 0.250. The van der Waals surface area contributed by atoms with Gasteiger partial charge in [-0.1, -0.05) is 36.4 Å². The van der Waals surface area contributed by atoms with E-state index in [0.29, 0.717) is 0 Å². The van der Waals surface area contributed by atoms with Gasteiger partial charge in [0.15, 0.2) is 5.03 Å². The number of amides is 1. The number of nitrogens with zero attached hydrogens (tertiary/aromatic N) is 1. The average Bonchev–Trinajstić information content (AvgIpc) is 2.55. The van der Waals surface area contributed by atoms with Gasteiger partial charge in [-0.2, -0.15) is 0 Å². The Morgan fingerprint density at radius 2 is 1.68 bits per heavy atom. The zero-order chi connectivity index (χ0) is 16.2. The van der Waals surface area contributed by atoms with Crippen molar-refractivity contribution in [2.24, 2.45) is 0 Å². The van der Waals surface area contributed by atoms with Crippen LogP contribution in [-0.2, 0) is 14.6 Å². The van der Waals surface area contributed by atoms with Gasteiger partial charge in [0.05, 0.1) is 6.04 Å². The predicted octanol–water partition coefficient (Wildman–Crippen LogP) is 2.12. The van der Waals surface area contributed by atoms with Crippen molar-refractivity contribution in [2.75, 3.05) is 0 Å². The van der Waals surface area contributed by atoms with Crippen LogP contribution in [0.5, 0.6) is 0 Å². The van der Waals surface area contributed by atoms with Crippen molar-refractivity contribution in [3.8, 4) is 0 Å². The summed E-state index contributed by atoms with van der Waals surface area (Å²) in [6.07, 6.45) is 1.39. The Kier molecular flexibility index (Phi) is 4.92. The Labute approximate surface area is 130 Å². The normalized spacial score (nSPS) is 14.1. The van der Waals surface area contributed by atoms with E-state index in [-0.39, 0.29) is 11.1 Å². The van der Waals surface area contributed by atoms with Crippen LogP contribution in [0.15, 0.2) is 59.8 Å². The summed E-state index contributed by atoms with van der Waals surface area (Å²) in [6.45, 7) is 3.18. The van der Waals surface area contributed by atoms with Crippen molar-refractivity contribution >= 4 is 15.7 Å². The van der Waals surface area contributed by atoms with E-state index in [1.54, 1.807) is 12.1 Å². The Bertz CT molecular complexity index is 731. The number of sulfone groups is 1. The van der Waals surface area contributed by atoms with E-state index in [4.69, 9.17) is 0 Å². The lowest BCUT2D eigenvalue weighted by atomic mass is 10.1. The topological polar surface area (TPSA) is 76.1 Å². The molecule has 0 aliphatic carbocycles. The SMILES string of the molecule is C[C@@H](NC(=O)[C@H](C)S(=O)(=O)c1ccccn1)c1ccccc1. The summed E-state index contributed by atoms with van der Waals surface area (Å²) in [7, 11) is -3.79. The highest BCUT2D eigenvalue weighted by molar-refractivity contribution is 7.92. The summed E-state index contributed by atoms with van der Waals surface area (Å²) >= 11 is 0. The van der Waals surface area contributed by atoms with Gasteiger partial charge in [-0.15, -0.1) is 0 Å². The smallest absolute Gasteiger partial charge is 0.238 e. The molecule has 22 heavy (non-hydrogen) atoms. The zero-order valence-corrected chi connectivity index (χ0v) is 13.2. The monoisotopic (exact) mass is 318 g/mol. The molecule has 6 heteroatoms. The first-order valence-electron chi connectivity index (χ1n) is 6.93. The molecule has 116 valence electrons. The molecule has 0 spiro atoms. The van der Waals surface area contributed by atoms with Crippen molar-refractivity contribution in [2.45, 2.75) is 30.2 Å². The van der Waals surface area contributed by atoms with Crippen LogP contribution < -0.4 is 5.32 Å². The molecule has 1 N–H and O–H groups in total. The molecule has 1 amide bonds. The van der Waals surface area contributed by atoms with Gasteiger partial charge in [-0.3, -0.25) is 4.79 Å². The summed E-state index contributed by atoms with van der Waals surface area (Å²) in [6, 6.07) is 13.7. The van der Waals surface area contributed by atoms with Crippen LogP contribution in [0.4, 0.5) is 0 Å². The molecule has 1 heterocycles. The zero-order valence-electron chi connectivity index (χ0n) is 12.4. The highest BCUT2D eigenvalue weighted by atomic mass is 32.2. The van der Waals surface area contributed by atoms with Gasteiger partial charge in [0.25, 0.3) is 0 Å². The van der Waals surface area contributed by atoms with E-state index in [9.17, 15) is 13.2 Å². The molecule has 0 saturated heterocycles. The second-order valence-corrected chi connectivity index (χ2v) is 7.21. The molecule has 0 radical (unpaired) electrons. The van der Waals surface area contributed by atoms with Gasteiger partial charge in [-0.25, -0.2) is 13.4 Å². The summed E-state index contributed by atoms with van der Waals surface area (Å²) < 4.78 is 24.7. The van der Waals surface area contributed by atoms with Gasteiger partial charge >= 0.3 is 0 Å². The molecule has 0 bridgehead atoms. The first kappa shape index (κ1) is 16.2. The third kappa shape index (κ3) is 3.51. The Morgan fingerprint density at radius 1 is 1.05 bits per heavy atom. The number of carbonyl (C=O) groups excluding carboxylic acids is 1. The summed E-state index contributed by atoms with van der Waals surface area (Å²) in [5.41, 5.74) is 0.915. The van der Waals surface area contributed by atoms with E-state index in [2.05, 4.69) is 10.3 Å². The van der Waals surface area contributed by atoms with Crippen LogP contribution in [0.25, 0.3) is 0 Å². The number of benzene rings is 1. The minimum atomic E-state index is -3.79. The fourth-order valence-electron chi connectivity index (χ4n) is 1.99. The van der Waals surface area contributed by atoms with E-state index in [1.165, 1.54) is 19.2 Å². The number of pyridine rings is 1. The first-order valence-corrected chi connectivity index (χ1v) is 8.48. The molecule has 0 aliphatic heterocycles. The predicted molar refractivity (Wildman–Crippen MR) is 83.9 cm³/mol. The maximum absolute atomic E-state index is 12.4. The van der Waals surface area contributed by atoms with Crippen LogP contribution >= 0.6 is 0 Å². The van der Waals surface area contributed by atoms with Crippen molar-refractivity contribution in [3.05, 3.63) is 60.3 Å². The standard InChI is InChI=1S/C16H18N2O3S/c1-12(14-8-4-3-5-9-14)18-16(19)13(2)22(20,21)15-10-6-7-11-17-15/h3-13H,1-2H3,(H,18,19)/t12-,13+/m1/s1. The molecule has 2 rings (SSSR count). The van der Waals surface area contributed by atoms with Crippen molar-refractivity contribution < 1.29 is 13.2 Å². The van der Waals surface area contributed by atoms with Gasteiger partial charge < -0.3 is 5.32 Å². The maximum Gasteiger partial charge on any atom is 0.238 e. The molecule has 1 aromatic carbocycles.